The van der Waals surface area contributed by atoms with Crippen LogP contribution >= 0.6 is 0 Å². The second-order valence-electron chi connectivity index (χ2n) is 7.16. The van der Waals surface area contributed by atoms with Crippen LogP contribution in [0, 0.1) is 0 Å². The largest absolute Gasteiger partial charge is 0.361 e. The molecule has 6 nitrogen and oxygen atoms in total. The van der Waals surface area contributed by atoms with Crippen LogP contribution in [0.2, 0.25) is 0 Å². The predicted octanol–water partition coefficient (Wildman–Crippen LogP) is 2.34. The van der Waals surface area contributed by atoms with Crippen LogP contribution in [0.1, 0.15) is 37.2 Å². The fourth-order valence-corrected chi connectivity index (χ4v) is 3.70. The van der Waals surface area contributed by atoms with Gasteiger partial charge in [-0.3, -0.25) is 15.0 Å². The average Bonchev–Trinajstić information content (AvgIpc) is 3.30. The fourth-order valence-electron chi connectivity index (χ4n) is 3.70. The maximum Gasteiger partial charge on any atom is 0.321 e. The van der Waals surface area contributed by atoms with Gasteiger partial charge < -0.3 is 10.3 Å². The first-order chi connectivity index (χ1) is 12.2. The van der Waals surface area contributed by atoms with Crippen molar-refractivity contribution in [3.63, 3.8) is 0 Å². The van der Waals surface area contributed by atoms with Gasteiger partial charge >= 0.3 is 6.03 Å². The number of nitrogens with zero attached hydrogens (tertiary/aromatic N) is 1. The zero-order valence-corrected chi connectivity index (χ0v) is 14.3. The van der Waals surface area contributed by atoms with Gasteiger partial charge in [-0.1, -0.05) is 18.2 Å². The van der Waals surface area contributed by atoms with Gasteiger partial charge in [-0.15, -0.1) is 0 Å². The highest BCUT2D eigenvalue weighted by Gasteiger charge is 2.26. The first-order valence-corrected chi connectivity index (χ1v) is 9.08. The number of piperidine rings is 1. The van der Waals surface area contributed by atoms with Gasteiger partial charge in [-0.2, -0.15) is 0 Å². The lowest BCUT2D eigenvalue weighted by Crippen LogP contribution is -2.46. The maximum atomic E-state index is 12.1. The zero-order chi connectivity index (χ0) is 17.2. The highest BCUT2D eigenvalue weighted by Crippen LogP contribution is 2.31. The Morgan fingerprint density at radius 2 is 2.04 bits per heavy atom. The van der Waals surface area contributed by atoms with Crippen LogP contribution in [0.3, 0.4) is 0 Å². The topological polar surface area (TPSA) is 77.2 Å². The quantitative estimate of drug-likeness (QED) is 0.799. The lowest BCUT2D eigenvalue weighted by Gasteiger charge is -2.32. The van der Waals surface area contributed by atoms with Crippen LogP contribution in [-0.4, -0.2) is 47.5 Å². The molecule has 0 radical (unpaired) electrons. The Labute approximate surface area is 147 Å². The van der Waals surface area contributed by atoms with Crippen molar-refractivity contribution in [2.24, 2.45) is 0 Å². The Hall–Kier alpha value is -2.34. The van der Waals surface area contributed by atoms with E-state index in [0.29, 0.717) is 5.92 Å². The number of hydrogen-bond donors (Lipinski definition) is 3. The van der Waals surface area contributed by atoms with Crippen LogP contribution < -0.4 is 10.6 Å². The highest BCUT2D eigenvalue weighted by molar-refractivity contribution is 5.95. The number of aromatic amines is 1. The summed E-state index contributed by atoms with van der Waals surface area (Å²) in [5.41, 5.74) is 2.48. The number of amides is 3. The maximum absolute atomic E-state index is 12.1. The summed E-state index contributed by atoms with van der Waals surface area (Å²) in [4.78, 5) is 29.3. The molecule has 1 aromatic carbocycles. The van der Waals surface area contributed by atoms with Crippen molar-refractivity contribution in [3.05, 3.63) is 36.0 Å². The standard InChI is InChI=1S/C19H24N4O2/c24-18(22-19(25)21-14-7-8-14)12-23-9-3-4-13(11-23)16-10-20-17-6-2-1-5-15(16)17/h1-2,5-6,10,13-14,20H,3-4,7-9,11-12H2,(H2,21,22,24,25). The predicted molar refractivity (Wildman–Crippen MR) is 96.4 cm³/mol. The number of para-hydroxylation sites is 1. The minimum atomic E-state index is -0.363. The number of imide groups is 1. The Morgan fingerprint density at radius 3 is 2.88 bits per heavy atom. The molecule has 3 N–H and O–H groups in total. The molecule has 1 aliphatic carbocycles. The van der Waals surface area contributed by atoms with Crippen LogP contribution in [0.15, 0.2) is 30.5 Å². The molecule has 2 heterocycles. The van der Waals surface area contributed by atoms with E-state index in [2.05, 4.69) is 44.9 Å². The molecule has 1 aliphatic heterocycles. The molecular weight excluding hydrogens is 316 g/mol. The summed E-state index contributed by atoms with van der Waals surface area (Å²) in [7, 11) is 0. The van der Waals surface area contributed by atoms with E-state index in [1.165, 1.54) is 10.9 Å². The van der Waals surface area contributed by atoms with Crippen molar-refractivity contribution in [2.75, 3.05) is 19.6 Å². The normalized spacial score (nSPS) is 21.2. The van der Waals surface area contributed by atoms with Crippen molar-refractivity contribution >= 4 is 22.8 Å². The third kappa shape index (κ3) is 3.85. The molecule has 132 valence electrons. The molecule has 0 bridgehead atoms. The Bertz CT molecular complexity index is 781. The molecule has 6 heteroatoms. The summed E-state index contributed by atoms with van der Waals surface area (Å²) in [6.45, 7) is 2.02. The van der Waals surface area contributed by atoms with Gasteiger partial charge in [-0.25, -0.2) is 4.79 Å². The van der Waals surface area contributed by atoms with Gasteiger partial charge in [0.2, 0.25) is 5.91 Å². The summed E-state index contributed by atoms with van der Waals surface area (Å²) >= 11 is 0. The summed E-state index contributed by atoms with van der Waals surface area (Å²) in [6, 6.07) is 8.23. The van der Waals surface area contributed by atoms with Gasteiger partial charge in [0.15, 0.2) is 0 Å². The van der Waals surface area contributed by atoms with E-state index in [-0.39, 0.29) is 24.5 Å². The zero-order valence-electron chi connectivity index (χ0n) is 14.3. The van der Waals surface area contributed by atoms with Gasteiger partial charge in [0.25, 0.3) is 0 Å². The number of hydrogen-bond acceptors (Lipinski definition) is 3. The van der Waals surface area contributed by atoms with Crippen molar-refractivity contribution in [1.29, 1.82) is 0 Å². The molecule has 3 amide bonds. The number of likely N-dealkylation sites (tertiary alicyclic amines) is 1. The SMILES string of the molecule is O=C(CN1CCCC(c2c[nH]c3ccccc23)C1)NC(=O)NC1CC1. The minimum Gasteiger partial charge on any atom is -0.361 e. The Kier molecular flexibility index (Phi) is 4.44. The number of benzene rings is 1. The van der Waals surface area contributed by atoms with E-state index < -0.39 is 0 Å². The van der Waals surface area contributed by atoms with E-state index in [1.54, 1.807) is 0 Å². The van der Waals surface area contributed by atoms with E-state index in [0.717, 1.165) is 44.3 Å². The molecule has 4 rings (SSSR count). The fraction of sp³-hybridized carbons (Fsp3) is 0.474. The number of nitrogens with one attached hydrogen (secondary N) is 3. The number of carbonyl (C=O) groups excluding carboxylic acids is 2. The van der Waals surface area contributed by atoms with Crippen LogP contribution in [0.25, 0.3) is 10.9 Å². The molecule has 25 heavy (non-hydrogen) atoms. The van der Waals surface area contributed by atoms with Crippen molar-refractivity contribution in [3.8, 4) is 0 Å². The van der Waals surface area contributed by atoms with Crippen molar-refractivity contribution in [2.45, 2.75) is 37.6 Å². The van der Waals surface area contributed by atoms with Crippen molar-refractivity contribution < 1.29 is 9.59 Å². The first kappa shape index (κ1) is 16.1. The second kappa shape index (κ2) is 6.88. The smallest absolute Gasteiger partial charge is 0.321 e. The van der Waals surface area contributed by atoms with Gasteiger partial charge in [0, 0.05) is 29.7 Å². The average molecular weight is 340 g/mol. The molecule has 1 aromatic heterocycles. The molecular formula is C19H24N4O2. The van der Waals surface area contributed by atoms with Gasteiger partial charge in [0.05, 0.1) is 6.54 Å². The minimum absolute atomic E-state index is 0.224. The highest BCUT2D eigenvalue weighted by atomic mass is 16.2. The number of fused-ring (bicyclic) bond motifs is 1. The molecule has 2 aliphatic rings. The summed E-state index contributed by atoms with van der Waals surface area (Å²) < 4.78 is 0. The summed E-state index contributed by atoms with van der Waals surface area (Å²) in [5, 5.41) is 6.49. The Morgan fingerprint density at radius 1 is 1.20 bits per heavy atom. The van der Waals surface area contributed by atoms with E-state index >= 15 is 0 Å². The number of aromatic nitrogens is 1. The summed E-state index contributed by atoms with van der Waals surface area (Å²) in [5.74, 6) is 0.190. The summed E-state index contributed by atoms with van der Waals surface area (Å²) in [6.07, 6.45) is 6.32. The lowest BCUT2D eigenvalue weighted by atomic mass is 9.90. The molecule has 1 saturated heterocycles. The number of urea groups is 1. The van der Waals surface area contributed by atoms with E-state index in [1.807, 2.05) is 6.07 Å². The van der Waals surface area contributed by atoms with Gasteiger partial charge in [-0.05, 0) is 49.8 Å². The van der Waals surface area contributed by atoms with Gasteiger partial charge in [0.1, 0.15) is 0 Å². The second-order valence-corrected chi connectivity index (χ2v) is 7.16. The van der Waals surface area contributed by atoms with E-state index in [9.17, 15) is 9.59 Å². The lowest BCUT2D eigenvalue weighted by molar-refractivity contribution is -0.121. The third-order valence-electron chi connectivity index (χ3n) is 5.10. The Balaban J connectivity index is 1.35. The molecule has 0 spiro atoms. The van der Waals surface area contributed by atoms with Crippen molar-refractivity contribution in [1.82, 2.24) is 20.5 Å². The molecule has 2 aromatic rings. The molecule has 1 atom stereocenters. The first-order valence-electron chi connectivity index (χ1n) is 9.08. The number of rotatable bonds is 4. The van der Waals surface area contributed by atoms with Crippen LogP contribution in [-0.2, 0) is 4.79 Å². The number of H-pyrrole nitrogens is 1. The monoisotopic (exact) mass is 340 g/mol. The third-order valence-corrected chi connectivity index (χ3v) is 5.10. The van der Waals surface area contributed by atoms with Crippen LogP contribution in [0.4, 0.5) is 4.79 Å². The number of carbonyl (C=O) groups is 2. The molecule has 1 saturated carbocycles. The van der Waals surface area contributed by atoms with Crippen LogP contribution in [0.5, 0.6) is 0 Å². The molecule has 1 unspecified atom stereocenters. The molecule has 2 fully saturated rings. The van der Waals surface area contributed by atoms with E-state index in [4.69, 9.17) is 0 Å².